The molecule has 0 radical (unpaired) electrons. The van der Waals surface area contributed by atoms with E-state index in [1.54, 1.807) is 10.4 Å². The first-order valence-corrected chi connectivity index (χ1v) is 19.9. The van der Waals surface area contributed by atoms with Gasteiger partial charge in [-0.25, -0.2) is 0 Å². The molecule has 2 atom stereocenters. The first-order valence-electron chi connectivity index (χ1n) is 16.9. The topological polar surface area (TPSA) is 0 Å². The molecule has 6 aromatic carbocycles. The van der Waals surface area contributed by atoms with Crippen molar-refractivity contribution in [2.24, 2.45) is 0 Å². The molecule has 2 unspecified atom stereocenters. The highest BCUT2D eigenvalue weighted by molar-refractivity contribution is 7.01. The van der Waals surface area contributed by atoms with Gasteiger partial charge in [-0.2, -0.15) is 0 Å². The Bertz CT molecular complexity index is 2000. The first-order chi connectivity index (χ1) is 22.9. The highest BCUT2D eigenvalue weighted by Crippen LogP contribution is 2.47. The zero-order chi connectivity index (χ0) is 32.1. The van der Waals surface area contributed by atoms with Gasteiger partial charge in [0.15, 0.2) is 0 Å². The monoisotopic (exact) mass is 620 g/mol. The van der Waals surface area contributed by atoms with E-state index in [0.29, 0.717) is 11.8 Å². The van der Waals surface area contributed by atoms with Crippen LogP contribution < -0.4 is 10.4 Å². The molecule has 0 bridgehead atoms. The number of hydrogen-bond acceptors (Lipinski definition) is 0. The second-order valence-corrected chi connectivity index (χ2v) is 18.0. The summed E-state index contributed by atoms with van der Waals surface area (Å²) in [7, 11) is -2.23. The zero-order valence-electron chi connectivity index (χ0n) is 27.7. The van der Waals surface area contributed by atoms with Crippen molar-refractivity contribution in [3.05, 3.63) is 179 Å². The van der Waals surface area contributed by atoms with E-state index in [9.17, 15) is 0 Å². The van der Waals surface area contributed by atoms with Crippen LogP contribution in [0.15, 0.2) is 146 Å². The SMILES string of the molecule is CC1C(c2ccccc2)=Cc2c(-c3ccccc3)ccc([Si](C)(C)c3ccc(-c4ccccc4)c4c3C(C)C(c3ccccc3)=C4)c21. The van der Waals surface area contributed by atoms with Crippen LogP contribution in [0.5, 0.6) is 0 Å². The third-order valence-electron chi connectivity index (χ3n) is 10.7. The largest absolute Gasteiger partial charge is 0.113 e. The van der Waals surface area contributed by atoms with Gasteiger partial charge in [-0.05, 0) is 78.9 Å². The van der Waals surface area contributed by atoms with Crippen molar-refractivity contribution in [2.75, 3.05) is 0 Å². The van der Waals surface area contributed by atoms with Crippen molar-refractivity contribution in [3.8, 4) is 22.3 Å². The average molecular weight is 621 g/mol. The van der Waals surface area contributed by atoms with Crippen LogP contribution in [-0.4, -0.2) is 8.07 Å². The summed E-state index contributed by atoms with van der Waals surface area (Å²) in [6, 6.07) is 53.7. The minimum Gasteiger partial charge on any atom is -0.0622 e. The molecule has 1 heteroatoms. The van der Waals surface area contributed by atoms with Crippen LogP contribution in [0.1, 0.15) is 59.1 Å². The van der Waals surface area contributed by atoms with Crippen LogP contribution in [-0.2, 0) is 0 Å². The van der Waals surface area contributed by atoms with Gasteiger partial charge in [0.2, 0.25) is 0 Å². The maximum atomic E-state index is 2.59. The Labute approximate surface area is 280 Å². The predicted octanol–water partition coefficient (Wildman–Crippen LogP) is 11.2. The first kappa shape index (κ1) is 29.4. The van der Waals surface area contributed by atoms with Gasteiger partial charge in [0.1, 0.15) is 8.07 Å². The summed E-state index contributed by atoms with van der Waals surface area (Å²) in [6.07, 6.45) is 4.98. The molecular weight excluding hydrogens is 581 g/mol. The molecule has 0 saturated heterocycles. The van der Waals surface area contributed by atoms with E-state index in [1.807, 2.05) is 0 Å². The van der Waals surface area contributed by atoms with Crippen molar-refractivity contribution >= 4 is 41.7 Å². The number of hydrogen-bond donors (Lipinski definition) is 0. The molecule has 8 rings (SSSR count). The molecule has 2 aliphatic rings. The fraction of sp³-hybridized carbons (Fsp3) is 0.130. The van der Waals surface area contributed by atoms with Gasteiger partial charge in [-0.3, -0.25) is 0 Å². The van der Waals surface area contributed by atoms with Crippen LogP contribution in [0.2, 0.25) is 13.1 Å². The van der Waals surface area contributed by atoms with E-state index >= 15 is 0 Å². The molecule has 228 valence electrons. The van der Waals surface area contributed by atoms with Crippen LogP contribution >= 0.6 is 0 Å². The van der Waals surface area contributed by atoms with Gasteiger partial charge >= 0.3 is 0 Å². The molecule has 0 heterocycles. The van der Waals surface area contributed by atoms with Gasteiger partial charge in [0, 0.05) is 11.8 Å². The smallest absolute Gasteiger partial charge is 0.0622 e. The van der Waals surface area contributed by atoms with E-state index in [0.717, 1.165) is 0 Å². The van der Waals surface area contributed by atoms with Gasteiger partial charge in [-0.15, -0.1) is 0 Å². The molecule has 0 aromatic heterocycles. The Balaban J connectivity index is 1.33. The highest BCUT2D eigenvalue weighted by atomic mass is 28.3. The van der Waals surface area contributed by atoms with Crippen molar-refractivity contribution in [1.82, 2.24) is 0 Å². The molecule has 0 nitrogen and oxygen atoms in total. The van der Waals surface area contributed by atoms with Gasteiger partial charge in [0.25, 0.3) is 0 Å². The zero-order valence-corrected chi connectivity index (χ0v) is 28.7. The maximum Gasteiger partial charge on any atom is 0.113 e. The van der Waals surface area contributed by atoms with E-state index in [1.165, 1.54) is 66.8 Å². The summed E-state index contributed by atoms with van der Waals surface area (Å²) in [5.74, 6) is 0.620. The lowest BCUT2D eigenvalue weighted by atomic mass is 9.91. The summed E-state index contributed by atoms with van der Waals surface area (Å²) in [5.41, 5.74) is 16.5. The van der Waals surface area contributed by atoms with Gasteiger partial charge in [0.05, 0.1) is 0 Å². The number of allylic oxidation sites excluding steroid dienone is 2. The Morgan fingerprint density at radius 2 is 0.702 bits per heavy atom. The normalized spacial score (nSPS) is 16.8. The number of rotatable bonds is 6. The summed E-state index contributed by atoms with van der Waals surface area (Å²) in [6.45, 7) is 10.0. The van der Waals surface area contributed by atoms with E-state index in [4.69, 9.17) is 0 Å². The molecule has 0 aliphatic heterocycles. The fourth-order valence-corrected chi connectivity index (χ4v) is 11.6. The second kappa shape index (κ2) is 11.7. The van der Waals surface area contributed by atoms with Crippen molar-refractivity contribution < 1.29 is 0 Å². The molecule has 0 amide bonds. The molecule has 6 aromatic rings. The van der Waals surface area contributed by atoms with E-state index < -0.39 is 8.07 Å². The maximum absolute atomic E-state index is 2.59. The van der Waals surface area contributed by atoms with Crippen LogP contribution in [0.3, 0.4) is 0 Å². The Kier molecular flexibility index (Phi) is 7.31. The number of fused-ring (bicyclic) bond motifs is 2. The molecule has 0 saturated carbocycles. The second-order valence-electron chi connectivity index (χ2n) is 13.7. The van der Waals surface area contributed by atoms with Crippen molar-refractivity contribution in [2.45, 2.75) is 38.8 Å². The lowest BCUT2D eigenvalue weighted by Gasteiger charge is -2.32. The molecule has 0 N–H and O–H groups in total. The van der Waals surface area contributed by atoms with Gasteiger partial charge in [-0.1, -0.05) is 183 Å². The van der Waals surface area contributed by atoms with Crippen LogP contribution in [0.4, 0.5) is 0 Å². The predicted molar refractivity (Wildman–Crippen MR) is 206 cm³/mol. The lowest BCUT2D eigenvalue weighted by molar-refractivity contribution is 1.01. The van der Waals surface area contributed by atoms with E-state index in [2.05, 4.69) is 185 Å². The number of benzene rings is 6. The summed E-state index contributed by atoms with van der Waals surface area (Å²) in [5, 5.41) is 3.11. The molecule has 0 fully saturated rings. The molecular formula is C46H40Si. The molecule has 47 heavy (non-hydrogen) atoms. The Hall–Kier alpha value is -4.98. The van der Waals surface area contributed by atoms with Crippen LogP contribution in [0.25, 0.3) is 45.6 Å². The van der Waals surface area contributed by atoms with E-state index in [-0.39, 0.29) is 0 Å². The molecule has 2 aliphatic carbocycles. The quantitative estimate of drug-likeness (QED) is 0.163. The third-order valence-corrected chi connectivity index (χ3v) is 14.3. The Morgan fingerprint density at radius 1 is 0.383 bits per heavy atom. The third kappa shape index (κ3) is 4.89. The summed E-state index contributed by atoms with van der Waals surface area (Å²) < 4.78 is 0. The van der Waals surface area contributed by atoms with Crippen molar-refractivity contribution in [3.63, 3.8) is 0 Å². The van der Waals surface area contributed by atoms with Crippen molar-refractivity contribution in [1.29, 1.82) is 0 Å². The Morgan fingerprint density at radius 3 is 1.04 bits per heavy atom. The minimum atomic E-state index is -2.23. The summed E-state index contributed by atoms with van der Waals surface area (Å²) in [4.78, 5) is 0. The lowest BCUT2D eigenvalue weighted by Crippen LogP contribution is -2.56. The summed E-state index contributed by atoms with van der Waals surface area (Å²) >= 11 is 0. The van der Waals surface area contributed by atoms with Crippen LogP contribution in [0, 0.1) is 0 Å². The molecule has 0 spiro atoms. The standard InChI is InChI=1S/C46H40Si/c1-31-39(35-21-13-7-14-22-35)29-41-37(33-17-9-5-10-18-33)25-27-43(45(31)41)47(3,4)44-28-26-38(34-19-11-6-12-20-34)42-30-40(32(2)46(42)44)36-23-15-8-16-24-36/h5-32H,1-4H3. The van der Waals surface area contributed by atoms with Gasteiger partial charge < -0.3 is 0 Å². The minimum absolute atomic E-state index is 0.310. The average Bonchev–Trinajstić information content (AvgIpc) is 3.66. The highest BCUT2D eigenvalue weighted by Gasteiger charge is 2.39. The fourth-order valence-electron chi connectivity index (χ4n) is 8.29.